The summed E-state index contributed by atoms with van der Waals surface area (Å²) < 4.78 is 0. The summed E-state index contributed by atoms with van der Waals surface area (Å²) in [6.45, 7) is 6.99. The maximum absolute atomic E-state index is 3.20. The summed E-state index contributed by atoms with van der Waals surface area (Å²) in [5.41, 5.74) is 0. The number of nitrogens with one attached hydrogen (secondary N) is 1. The van der Waals surface area contributed by atoms with Crippen molar-refractivity contribution in [2.24, 2.45) is 0 Å². The Morgan fingerprint density at radius 1 is 1.06 bits per heavy atom. The molecule has 0 aliphatic carbocycles. The molecular weight excluding hydrogens is 196 g/mol. The minimum Gasteiger partial charge on any atom is -0.320 e. The lowest BCUT2D eigenvalue weighted by atomic mass is 10.1. The zero-order chi connectivity index (χ0) is 12.2. The van der Waals surface area contributed by atoms with Crippen molar-refractivity contribution in [2.75, 3.05) is 27.2 Å². The molecule has 2 nitrogen and oxygen atoms in total. The van der Waals surface area contributed by atoms with Crippen LogP contribution in [0.25, 0.3) is 0 Å². The maximum atomic E-state index is 3.20. The molecule has 0 spiro atoms. The van der Waals surface area contributed by atoms with E-state index >= 15 is 0 Å². The molecule has 1 atom stereocenters. The van der Waals surface area contributed by atoms with Gasteiger partial charge in [0.25, 0.3) is 0 Å². The quantitative estimate of drug-likeness (QED) is 0.546. The number of hydrogen-bond donors (Lipinski definition) is 1. The normalized spacial score (nSPS) is 13.3. The lowest BCUT2D eigenvalue weighted by Gasteiger charge is -2.24. The first-order chi connectivity index (χ1) is 7.72. The van der Waals surface area contributed by atoms with Crippen LogP contribution in [0.15, 0.2) is 0 Å². The van der Waals surface area contributed by atoms with E-state index in [0.717, 1.165) is 12.6 Å². The molecule has 0 saturated carbocycles. The number of unbranched alkanes of at least 4 members (excludes halogenated alkanes) is 4. The largest absolute Gasteiger partial charge is 0.320 e. The molecule has 0 aromatic heterocycles. The molecule has 0 aliphatic rings. The van der Waals surface area contributed by atoms with Crippen LogP contribution in [-0.4, -0.2) is 38.1 Å². The van der Waals surface area contributed by atoms with E-state index in [4.69, 9.17) is 0 Å². The van der Waals surface area contributed by atoms with E-state index < -0.39 is 0 Å². The summed E-state index contributed by atoms with van der Waals surface area (Å²) in [4.78, 5) is 2.50. The van der Waals surface area contributed by atoms with Crippen LogP contribution < -0.4 is 5.32 Å². The van der Waals surface area contributed by atoms with Crippen molar-refractivity contribution >= 4 is 0 Å². The molecule has 98 valence electrons. The van der Waals surface area contributed by atoms with Gasteiger partial charge >= 0.3 is 0 Å². The maximum Gasteiger partial charge on any atom is 0.00638 e. The summed E-state index contributed by atoms with van der Waals surface area (Å²) in [6, 6.07) is 0.749. The van der Waals surface area contributed by atoms with Gasteiger partial charge < -0.3 is 10.2 Å². The van der Waals surface area contributed by atoms with Gasteiger partial charge in [0, 0.05) is 6.04 Å². The third-order valence-electron chi connectivity index (χ3n) is 3.42. The second kappa shape index (κ2) is 11.4. The Morgan fingerprint density at radius 2 is 1.75 bits per heavy atom. The van der Waals surface area contributed by atoms with E-state index in [-0.39, 0.29) is 0 Å². The summed E-state index contributed by atoms with van der Waals surface area (Å²) in [7, 11) is 4.28. The van der Waals surface area contributed by atoms with Crippen molar-refractivity contribution in [1.82, 2.24) is 10.2 Å². The van der Waals surface area contributed by atoms with Gasteiger partial charge in [0.1, 0.15) is 0 Å². The highest BCUT2D eigenvalue weighted by atomic mass is 15.1. The fourth-order valence-corrected chi connectivity index (χ4v) is 1.99. The van der Waals surface area contributed by atoms with Gasteiger partial charge in [0.05, 0.1) is 0 Å². The van der Waals surface area contributed by atoms with E-state index in [2.05, 4.69) is 31.1 Å². The third kappa shape index (κ3) is 9.17. The molecule has 1 N–H and O–H groups in total. The van der Waals surface area contributed by atoms with E-state index in [1.165, 1.54) is 51.5 Å². The van der Waals surface area contributed by atoms with E-state index in [9.17, 15) is 0 Å². The minimum absolute atomic E-state index is 0.749. The standard InChI is InChI=1S/C14H32N2/c1-5-6-7-8-9-11-14(2)16(4)13-10-12-15-3/h14-15H,5-13H2,1-4H3. The van der Waals surface area contributed by atoms with E-state index in [0.29, 0.717) is 0 Å². The fraction of sp³-hybridized carbons (Fsp3) is 1.00. The summed E-state index contributed by atoms with van der Waals surface area (Å²) in [6.07, 6.45) is 9.62. The van der Waals surface area contributed by atoms with Crippen molar-refractivity contribution in [2.45, 2.75) is 64.8 Å². The minimum atomic E-state index is 0.749. The van der Waals surface area contributed by atoms with Crippen LogP contribution in [0.3, 0.4) is 0 Å². The zero-order valence-electron chi connectivity index (χ0n) is 11.9. The Hall–Kier alpha value is -0.0800. The van der Waals surface area contributed by atoms with Crippen LogP contribution in [0.4, 0.5) is 0 Å². The van der Waals surface area contributed by atoms with E-state index in [1.807, 2.05) is 7.05 Å². The number of nitrogens with zero attached hydrogens (tertiary/aromatic N) is 1. The van der Waals surface area contributed by atoms with Gasteiger partial charge in [-0.1, -0.05) is 39.0 Å². The van der Waals surface area contributed by atoms with Crippen LogP contribution in [0.2, 0.25) is 0 Å². The van der Waals surface area contributed by atoms with Gasteiger partial charge in [-0.2, -0.15) is 0 Å². The van der Waals surface area contributed by atoms with Crippen molar-refractivity contribution in [1.29, 1.82) is 0 Å². The molecule has 0 heterocycles. The van der Waals surface area contributed by atoms with Crippen LogP contribution in [0.5, 0.6) is 0 Å². The van der Waals surface area contributed by atoms with Crippen molar-refractivity contribution < 1.29 is 0 Å². The first kappa shape index (κ1) is 15.9. The topological polar surface area (TPSA) is 15.3 Å². The van der Waals surface area contributed by atoms with Gasteiger partial charge in [0.15, 0.2) is 0 Å². The molecule has 1 unspecified atom stereocenters. The summed E-state index contributed by atoms with van der Waals surface area (Å²) >= 11 is 0. The lowest BCUT2D eigenvalue weighted by molar-refractivity contribution is 0.238. The second-order valence-corrected chi connectivity index (χ2v) is 4.99. The molecule has 0 amide bonds. The van der Waals surface area contributed by atoms with Gasteiger partial charge in [-0.05, 0) is 47.0 Å². The smallest absolute Gasteiger partial charge is 0.00638 e. The van der Waals surface area contributed by atoms with Crippen LogP contribution in [0, 0.1) is 0 Å². The molecule has 0 rings (SSSR count). The highest BCUT2D eigenvalue weighted by Gasteiger charge is 2.07. The Labute approximate surface area is 103 Å². The summed E-state index contributed by atoms with van der Waals surface area (Å²) in [5.74, 6) is 0. The monoisotopic (exact) mass is 228 g/mol. The van der Waals surface area contributed by atoms with Gasteiger partial charge in [-0.25, -0.2) is 0 Å². The second-order valence-electron chi connectivity index (χ2n) is 4.99. The van der Waals surface area contributed by atoms with Crippen molar-refractivity contribution in [3.8, 4) is 0 Å². The highest BCUT2D eigenvalue weighted by Crippen LogP contribution is 2.10. The highest BCUT2D eigenvalue weighted by molar-refractivity contribution is 4.63. The molecule has 16 heavy (non-hydrogen) atoms. The molecule has 0 bridgehead atoms. The lowest BCUT2D eigenvalue weighted by Crippen LogP contribution is -2.31. The molecule has 0 fully saturated rings. The van der Waals surface area contributed by atoms with Gasteiger partial charge in [-0.15, -0.1) is 0 Å². The number of rotatable bonds is 11. The van der Waals surface area contributed by atoms with Crippen LogP contribution >= 0.6 is 0 Å². The molecule has 0 aliphatic heterocycles. The molecule has 0 saturated heterocycles. The third-order valence-corrected chi connectivity index (χ3v) is 3.42. The zero-order valence-corrected chi connectivity index (χ0v) is 11.9. The Balaban J connectivity index is 3.36. The Kier molecular flexibility index (Phi) is 11.3. The van der Waals surface area contributed by atoms with Gasteiger partial charge in [0.2, 0.25) is 0 Å². The average molecular weight is 228 g/mol. The van der Waals surface area contributed by atoms with Crippen molar-refractivity contribution in [3.63, 3.8) is 0 Å². The first-order valence-electron chi connectivity index (χ1n) is 7.07. The number of hydrogen-bond acceptors (Lipinski definition) is 2. The summed E-state index contributed by atoms with van der Waals surface area (Å²) in [5, 5.41) is 3.20. The first-order valence-corrected chi connectivity index (χ1v) is 7.07. The average Bonchev–Trinajstić information content (AvgIpc) is 2.28. The predicted molar refractivity (Wildman–Crippen MR) is 74.0 cm³/mol. The molecule has 0 aromatic rings. The fourth-order valence-electron chi connectivity index (χ4n) is 1.99. The Morgan fingerprint density at radius 3 is 2.38 bits per heavy atom. The molecule has 0 aromatic carbocycles. The van der Waals surface area contributed by atoms with Crippen LogP contribution in [-0.2, 0) is 0 Å². The van der Waals surface area contributed by atoms with E-state index in [1.54, 1.807) is 0 Å². The molecule has 2 heteroatoms. The Bertz CT molecular complexity index is 137. The van der Waals surface area contributed by atoms with Crippen molar-refractivity contribution in [3.05, 3.63) is 0 Å². The van der Waals surface area contributed by atoms with Crippen LogP contribution in [0.1, 0.15) is 58.8 Å². The molecule has 0 radical (unpaired) electrons. The molecular formula is C14H32N2. The SMILES string of the molecule is CCCCCCCC(C)N(C)CCCNC. The van der Waals surface area contributed by atoms with Gasteiger partial charge in [-0.3, -0.25) is 0 Å². The predicted octanol–water partition coefficient (Wildman–Crippen LogP) is 3.28.